The van der Waals surface area contributed by atoms with E-state index in [1.165, 1.54) is 4.90 Å². The van der Waals surface area contributed by atoms with E-state index in [1.54, 1.807) is 13.8 Å². The third kappa shape index (κ3) is 2.33. The molecule has 0 aromatic rings. The third-order valence-corrected chi connectivity index (χ3v) is 3.15. The highest BCUT2D eigenvalue weighted by Gasteiger charge is 2.65. The summed E-state index contributed by atoms with van der Waals surface area (Å²) in [4.78, 5) is 1.25. The first kappa shape index (κ1) is 14.1. The lowest BCUT2D eigenvalue weighted by Crippen LogP contribution is -2.49. The van der Waals surface area contributed by atoms with E-state index in [-0.39, 0.29) is 18.9 Å². The monoisotopic (exact) mass is 255 g/mol. The van der Waals surface area contributed by atoms with Gasteiger partial charge in [-0.05, 0) is 12.3 Å². The molecule has 0 spiro atoms. The molecule has 0 radical (unpaired) electrons. The SMILES string of the molecule is C#CN1CCC(C(F)(F)C(F)(F)F)C1C(C)C. The molecule has 17 heavy (non-hydrogen) atoms. The Bertz CT molecular complexity index is 315. The molecule has 98 valence electrons. The van der Waals surface area contributed by atoms with E-state index in [1.807, 2.05) is 0 Å². The van der Waals surface area contributed by atoms with Gasteiger partial charge in [-0.1, -0.05) is 20.3 Å². The second kappa shape index (κ2) is 4.35. The molecular weight excluding hydrogens is 241 g/mol. The van der Waals surface area contributed by atoms with Gasteiger partial charge in [0.2, 0.25) is 0 Å². The summed E-state index contributed by atoms with van der Waals surface area (Å²) in [6.07, 6.45) is -0.629. The van der Waals surface area contributed by atoms with Crippen molar-refractivity contribution < 1.29 is 22.0 Å². The minimum absolute atomic E-state index is 0.0791. The molecule has 1 rings (SSSR count). The van der Waals surface area contributed by atoms with Crippen molar-refractivity contribution in [1.82, 2.24) is 4.90 Å². The van der Waals surface area contributed by atoms with Crippen LogP contribution in [0.25, 0.3) is 0 Å². The molecule has 0 bridgehead atoms. The van der Waals surface area contributed by atoms with Crippen LogP contribution in [0.3, 0.4) is 0 Å². The predicted molar refractivity (Wildman–Crippen MR) is 53.3 cm³/mol. The van der Waals surface area contributed by atoms with Crippen LogP contribution >= 0.6 is 0 Å². The fourth-order valence-electron chi connectivity index (χ4n) is 2.40. The first-order valence-electron chi connectivity index (χ1n) is 5.30. The van der Waals surface area contributed by atoms with Crippen molar-refractivity contribution in [1.29, 1.82) is 0 Å². The molecule has 1 aliphatic rings. The van der Waals surface area contributed by atoms with Crippen molar-refractivity contribution in [3.05, 3.63) is 0 Å². The van der Waals surface area contributed by atoms with E-state index in [9.17, 15) is 22.0 Å². The van der Waals surface area contributed by atoms with Crippen LogP contribution in [0.2, 0.25) is 0 Å². The highest BCUT2D eigenvalue weighted by Crippen LogP contribution is 2.48. The Hall–Kier alpha value is -0.990. The molecule has 2 atom stereocenters. The number of hydrogen-bond acceptors (Lipinski definition) is 1. The maximum atomic E-state index is 13.3. The summed E-state index contributed by atoms with van der Waals surface area (Å²) in [5.41, 5.74) is 0. The number of rotatable bonds is 2. The lowest BCUT2D eigenvalue weighted by molar-refractivity contribution is -0.305. The molecule has 2 unspecified atom stereocenters. The topological polar surface area (TPSA) is 3.24 Å². The predicted octanol–water partition coefficient (Wildman–Crippen LogP) is 3.12. The Morgan fingerprint density at radius 3 is 2.12 bits per heavy atom. The van der Waals surface area contributed by atoms with Gasteiger partial charge in [-0.15, -0.1) is 0 Å². The van der Waals surface area contributed by atoms with Crippen molar-refractivity contribution in [2.75, 3.05) is 6.54 Å². The van der Waals surface area contributed by atoms with Crippen LogP contribution in [0.1, 0.15) is 20.3 Å². The molecule has 0 aromatic heterocycles. The lowest BCUT2D eigenvalue weighted by Gasteiger charge is -2.34. The third-order valence-electron chi connectivity index (χ3n) is 3.15. The van der Waals surface area contributed by atoms with E-state index < -0.39 is 24.1 Å². The zero-order chi connectivity index (χ0) is 13.4. The molecule has 0 N–H and O–H groups in total. The Morgan fingerprint density at radius 1 is 1.24 bits per heavy atom. The van der Waals surface area contributed by atoms with Crippen molar-refractivity contribution in [2.45, 2.75) is 38.4 Å². The zero-order valence-corrected chi connectivity index (χ0v) is 9.56. The van der Waals surface area contributed by atoms with Crippen molar-refractivity contribution in [3.8, 4) is 12.5 Å². The summed E-state index contributed by atoms with van der Waals surface area (Å²) in [6, 6.07) is 1.25. The minimum Gasteiger partial charge on any atom is -0.329 e. The van der Waals surface area contributed by atoms with Crippen LogP contribution in [-0.4, -0.2) is 29.6 Å². The molecule has 0 aromatic carbocycles. The fourth-order valence-corrected chi connectivity index (χ4v) is 2.40. The normalized spacial score (nSPS) is 26.4. The largest absolute Gasteiger partial charge is 0.453 e. The Labute approximate surface area is 97.0 Å². The van der Waals surface area contributed by atoms with Gasteiger partial charge in [0.15, 0.2) is 0 Å². The van der Waals surface area contributed by atoms with Crippen molar-refractivity contribution in [3.63, 3.8) is 0 Å². The molecule has 0 saturated carbocycles. The van der Waals surface area contributed by atoms with Gasteiger partial charge < -0.3 is 4.90 Å². The van der Waals surface area contributed by atoms with E-state index in [4.69, 9.17) is 6.42 Å². The summed E-state index contributed by atoms with van der Waals surface area (Å²) < 4.78 is 63.7. The van der Waals surface area contributed by atoms with Gasteiger partial charge in [0, 0.05) is 18.6 Å². The Balaban J connectivity index is 3.03. The van der Waals surface area contributed by atoms with E-state index >= 15 is 0 Å². The summed E-state index contributed by atoms with van der Waals surface area (Å²) in [7, 11) is 0. The molecule has 1 heterocycles. The molecule has 1 nitrogen and oxygen atoms in total. The zero-order valence-electron chi connectivity index (χ0n) is 9.56. The standard InChI is InChI=1S/C11H14F5N/c1-4-17-6-5-8(9(17)7(2)3)10(12,13)11(14,15)16/h1,7-9H,5-6H2,2-3H3. The summed E-state index contributed by atoms with van der Waals surface area (Å²) >= 11 is 0. The number of hydrogen-bond donors (Lipinski definition) is 0. The smallest absolute Gasteiger partial charge is 0.329 e. The minimum atomic E-state index is -5.52. The van der Waals surface area contributed by atoms with E-state index in [0.717, 1.165) is 0 Å². The first-order valence-corrected chi connectivity index (χ1v) is 5.30. The fraction of sp³-hybridized carbons (Fsp3) is 0.818. The van der Waals surface area contributed by atoms with Crippen LogP contribution in [0, 0.1) is 24.3 Å². The molecular formula is C11H14F5N. The second-order valence-corrected chi connectivity index (χ2v) is 4.57. The van der Waals surface area contributed by atoms with Gasteiger partial charge in [-0.25, -0.2) is 0 Å². The van der Waals surface area contributed by atoms with Crippen LogP contribution in [0.4, 0.5) is 22.0 Å². The number of terminal acetylenes is 1. The van der Waals surface area contributed by atoms with E-state index in [0.29, 0.717) is 0 Å². The summed E-state index contributed by atoms with van der Waals surface area (Å²) in [5, 5.41) is 0. The Kier molecular flexibility index (Phi) is 3.60. The van der Waals surface area contributed by atoms with Gasteiger partial charge >= 0.3 is 12.1 Å². The lowest BCUT2D eigenvalue weighted by atomic mass is 9.86. The summed E-state index contributed by atoms with van der Waals surface area (Å²) in [6.45, 7) is 3.27. The molecule has 0 amide bonds. The maximum absolute atomic E-state index is 13.3. The average molecular weight is 255 g/mol. The molecule has 0 aliphatic carbocycles. The molecule has 1 saturated heterocycles. The highest BCUT2D eigenvalue weighted by molar-refractivity contribution is 5.04. The maximum Gasteiger partial charge on any atom is 0.453 e. The van der Waals surface area contributed by atoms with Gasteiger partial charge in [0.05, 0.1) is 5.92 Å². The van der Waals surface area contributed by atoms with Crippen LogP contribution < -0.4 is 0 Å². The second-order valence-electron chi connectivity index (χ2n) is 4.57. The molecule has 6 heteroatoms. The molecule has 1 fully saturated rings. The van der Waals surface area contributed by atoms with Crippen molar-refractivity contribution >= 4 is 0 Å². The van der Waals surface area contributed by atoms with Crippen LogP contribution in [-0.2, 0) is 0 Å². The number of nitrogens with zero attached hydrogens (tertiary/aromatic N) is 1. The van der Waals surface area contributed by atoms with E-state index in [2.05, 4.69) is 6.04 Å². The van der Waals surface area contributed by atoms with Crippen molar-refractivity contribution in [2.24, 2.45) is 11.8 Å². The quantitative estimate of drug-likeness (QED) is 0.541. The number of likely N-dealkylation sites (tertiary alicyclic amines) is 1. The first-order chi connectivity index (χ1) is 7.63. The summed E-state index contributed by atoms with van der Waals surface area (Å²) in [5.74, 6) is -6.81. The average Bonchev–Trinajstić information content (AvgIpc) is 2.59. The molecule has 1 aliphatic heterocycles. The number of alkyl halides is 5. The van der Waals surface area contributed by atoms with Gasteiger partial charge in [0.1, 0.15) is 0 Å². The van der Waals surface area contributed by atoms with Gasteiger partial charge in [0.25, 0.3) is 0 Å². The Morgan fingerprint density at radius 2 is 1.76 bits per heavy atom. The number of halogens is 5. The van der Waals surface area contributed by atoms with Crippen LogP contribution in [0.5, 0.6) is 0 Å². The van der Waals surface area contributed by atoms with Crippen LogP contribution in [0.15, 0.2) is 0 Å². The van der Waals surface area contributed by atoms with Gasteiger partial charge in [-0.2, -0.15) is 22.0 Å². The highest BCUT2D eigenvalue weighted by atomic mass is 19.4. The van der Waals surface area contributed by atoms with Gasteiger partial charge in [-0.3, -0.25) is 0 Å².